The second kappa shape index (κ2) is 6.14. The minimum absolute atomic E-state index is 0.0615. The average molecular weight is 285 g/mol. The Morgan fingerprint density at radius 1 is 1.37 bits per heavy atom. The lowest BCUT2D eigenvalue weighted by molar-refractivity contribution is 0.0999. The number of carbonyl (C=O) groups excluding carboxylic acids is 1. The molecule has 19 heavy (non-hydrogen) atoms. The molecule has 0 radical (unpaired) electrons. The van der Waals surface area contributed by atoms with Crippen molar-refractivity contribution >= 4 is 15.9 Å². The summed E-state index contributed by atoms with van der Waals surface area (Å²) in [5.74, 6) is -0.640. The Labute approximate surface area is 113 Å². The molecule has 0 spiro atoms. The predicted octanol–water partition coefficient (Wildman–Crippen LogP) is 0.0632. The Bertz CT molecular complexity index is 570. The van der Waals surface area contributed by atoms with Crippen molar-refractivity contribution < 1.29 is 13.2 Å². The summed E-state index contributed by atoms with van der Waals surface area (Å²) in [6.45, 7) is 2.45. The van der Waals surface area contributed by atoms with E-state index in [1.54, 1.807) is 13.0 Å². The summed E-state index contributed by atoms with van der Waals surface area (Å²) >= 11 is 0. The number of hydrogen-bond acceptors (Lipinski definition) is 4. The van der Waals surface area contributed by atoms with Crippen LogP contribution >= 0.6 is 0 Å². The molecule has 0 unspecified atom stereocenters. The van der Waals surface area contributed by atoms with Crippen LogP contribution in [0.15, 0.2) is 23.1 Å². The second-order valence-electron chi connectivity index (χ2n) is 4.31. The van der Waals surface area contributed by atoms with Gasteiger partial charge < -0.3 is 11.5 Å². The fourth-order valence-electron chi connectivity index (χ4n) is 1.64. The molecule has 7 heteroatoms. The smallest absolute Gasteiger partial charge is 0.249 e. The summed E-state index contributed by atoms with van der Waals surface area (Å²) in [7, 11) is -2.13. The number of amides is 1. The van der Waals surface area contributed by atoms with E-state index >= 15 is 0 Å². The number of nitrogens with two attached hydrogens (primary N) is 2. The van der Waals surface area contributed by atoms with Gasteiger partial charge in [-0.15, -0.1) is 0 Å². The van der Waals surface area contributed by atoms with E-state index in [1.807, 2.05) is 0 Å². The molecule has 0 fully saturated rings. The van der Waals surface area contributed by atoms with E-state index < -0.39 is 15.9 Å². The van der Waals surface area contributed by atoms with Gasteiger partial charge in [-0.2, -0.15) is 0 Å². The first-order chi connectivity index (χ1) is 8.80. The van der Waals surface area contributed by atoms with Crippen molar-refractivity contribution in [1.29, 1.82) is 0 Å². The highest BCUT2D eigenvalue weighted by molar-refractivity contribution is 7.89. The zero-order valence-corrected chi connectivity index (χ0v) is 11.9. The second-order valence-corrected chi connectivity index (χ2v) is 6.35. The van der Waals surface area contributed by atoms with Crippen molar-refractivity contribution in [3.63, 3.8) is 0 Å². The van der Waals surface area contributed by atoms with Crippen LogP contribution in [0.5, 0.6) is 0 Å². The van der Waals surface area contributed by atoms with Crippen molar-refractivity contribution in [1.82, 2.24) is 4.31 Å². The third-order valence-corrected chi connectivity index (χ3v) is 4.71. The van der Waals surface area contributed by atoms with E-state index in [0.717, 1.165) is 0 Å². The minimum atomic E-state index is -3.61. The first-order valence-corrected chi connectivity index (χ1v) is 7.31. The zero-order valence-electron chi connectivity index (χ0n) is 11.1. The normalized spacial score (nSPS) is 11.8. The van der Waals surface area contributed by atoms with Crippen LogP contribution in [-0.4, -0.2) is 38.8 Å². The van der Waals surface area contributed by atoms with Gasteiger partial charge in [0.15, 0.2) is 0 Å². The standard InChI is InChI=1S/C12H19N3O3S/c1-9-4-5-10(8-11(9)12(14)16)19(17,18)15(2)7-3-6-13/h4-5,8H,3,6-7,13H2,1-2H3,(H2,14,16). The third kappa shape index (κ3) is 3.52. The number of carbonyl (C=O) groups is 1. The van der Waals surface area contributed by atoms with Crippen LogP contribution in [-0.2, 0) is 10.0 Å². The van der Waals surface area contributed by atoms with Crippen LogP contribution in [0.4, 0.5) is 0 Å². The zero-order chi connectivity index (χ0) is 14.6. The van der Waals surface area contributed by atoms with Crippen LogP contribution in [0.1, 0.15) is 22.3 Å². The van der Waals surface area contributed by atoms with Gasteiger partial charge in [0.25, 0.3) is 0 Å². The highest BCUT2D eigenvalue weighted by Gasteiger charge is 2.21. The lowest BCUT2D eigenvalue weighted by atomic mass is 10.1. The molecule has 0 aromatic heterocycles. The van der Waals surface area contributed by atoms with E-state index in [1.165, 1.54) is 23.5 Å². The molecule has 106 valence electrons. The van der Waals surface area contributed by atoms with Gasteiger partial charge in [0, 0.05) is 19.2 Å². The number of hydrogen-bond donors (Lipinski definition) is 2. The van der Waals surface area contributed by atoms with Gasteiger partial charge in [0.1, 0.15) is 0 Å². The molecule has 0 saturated carbocycles. The molecule has 1 aromatic carbocycles. The number of aryl methyl sites for hydroxylation is 1. The molecule has 0 aliphatic carbocycles. The van der Waals surface area contributed by atoms with Gasteiger partial charge in [0.2, 0.25) is 15.9 Å². The fraction of sp³-hybridized carbons (Fsp3) is 0.417. The van der Waals surface area contributed by atoms with Gasteiger partial charge in [-0.3, -0.25) is 4.79 Å². The SMILES string of the molecule is Cc1ccc(S(=O)(=O)N(C)CCCN)cc1C(N)=O. The maximum absolute atomic E-state index is 12.3. The largest absolute Gasteiger partial charge is 0.366 e. The van der Waals surface area contributed by atoms with E-state index in [2.05, 4.69) is 0 Å². The minimum Gasteiger partial charge on any atom is -0.366 e. The van der Waals surface area contributed by atoms with Crippen LogP contribution in [0, 0.1) is 6.92 Å². The quantitative estimate of drug-likeness (QED) is 0.771. The Kier molecular flexibility index (Phi) is 5.04. The van der Waals surface area contributed by atoms with E-state index in [9.17, 15) is 13.2 Å². The Hall–Kier alpha value is -1.44. The number of rotatable bonds is 6. The lowest BCUT2D eigenvalue weighted by Gasteiger charge is -2.17. The summed E-state index contributed by atoms with van der Waals surface area (Å²) in [6, 6.07) is 4.35. The lowest BCUT2D eigenvalue weighted by Crippen LogP contribution is -2.29. The predicted molar refractivity (Wildman–Crippen MR) is 73.2 cm³/mol. The van der Waals surface area contributed by atoms with Crippen molar-refractivity contribution in [3.05, 3.63) is 29.3 Å². The Morgan fingerprint density at radius 2 is 2.00 bits per heavy atom. The maximum atomic E-state index is 12.3. The Morgan fingerprint density at radius 3 is 2.53 bits per heavy atom. The molecule has 0 aliphatic rings. The van der Waals surface area contributed by atoms with E-state index in [0.29, 0.717) is 25.1 Å². The number of sulfonamides is 1. The molecule has 0 bridgehead atoms. The monoisotopic (exact) mass is 285 g/mol. The average Bonchev–Trinajstić information content (AvgIpc) is 2.35. The molecule has 0 saturated heterocycles. The molecular formula is C12H19N3O3S. The number of nitrogens with zero attached hydrogens (tertiary/aromatic N) is 1. The number of primary amides is 1. The topological polar surface area (TPSA) is 106 Å². The highest BCUT2D eigenvalue weighted by Crippen LogP contribution is 2.18. The molecule has 1 aromatic rings. The summed E-state index contributed by atoms with van der Waals surface area (Å²) in [5.41, 5.74) is 11.4. The van der Waals surface area contributed by atoms with Crippen LogP contribution < -0.4 is 11.5 Å². The molecule has 0 heterocycles. The van der Waals surface area contributed by atoms with E-state index in [4.69, 9.17) is 11.5 Å². The van der Waals surface area contributed by atoms with Crippen LogP contribution in [0.2, 0.25) is 0 Å². The molecule has 6 nitrogen and oxygen atoms in total. The molecule has 1 amide bonds. The summed E-state index contributed by atoms with van der Waals surface area (Å²) in [6.07, 6.45) is 0.574. The van der Waals surface area contributed by atoms with Gasteiger partial charge in [-0.25, -0.2) is 12.7 Å². The summed E-state index contributed by atoms with van der Waals surface area (Å²) in [5, 5.41) is 0. The molecule has 0 atom stereocenters. The van der Waals surface area contributed by atoms with Gasteiger partial charge >= 0.3 is 0 Å². The maximum Gasteiger partial charge on any atom is 0.249 e. The van der Waals surface area contributed by atoms with Gasteiger partial charge in [0.05, 0.1) is 4.90 Å². The molecule has 4 N–H and O–H groups in total. The third-order valence-electron chi connectivity index (χ3n) is 2.86. The highest BCUT2D eigenvalue weighted by atomic mass is 32.2. The number of benzene rings is 1. The van der Waals surface area contributed by atoms with Crippen molar-refractivity contribution in [2.24, 2.45) is 11.5 Å². The van der Waals surface area contributed by atoms with Crippen LogP contribution in [0.25, 0.3) is 0 Å². The van der Waals surface area contributed by atoms with Crippen molar-refractivity contribution in [2.75, 3.05) is 20.1 Å². The Balaban J connectivity index is 3.15. The fourth-order valence-corrected chi connectivity index (χ4v) is 2.88. The first kappa shape index (κ1) is 15.6. The van der Waals surface area contributed by atoms with E-state index in [-0.39, 0.29) is 10.5 Å². The first-order valence-electron chi connectivity index (χ1n) is 5.87. The summed E-state index contributed by atoms with van der Waals surface area (Å²) in [4.78, 5) is 11.3. The molecular weight excluding hydrogens is 266 g/mol. The molecule has 1 rings (SSSR count). The van der Waals surface area contributed by atoms with Crippen molar-refractivity contribution in [3.8, 4) is 0 Å². The van der Waals surface area contributed by atoms with Crippen molar-refractivity contribution in [2.45, 2.75) is 18.2 Å². The van der Waals surface area contributed by atoms with Crippen LogP contribution in [0.3, 0.4) is 0 Å². The summed E-state index contributed by atoms with van der Waals surface area (Å²) < 4.78 is 25.7. The molecule has 0 aliphatic heterocycles. The van der Waals surface area contributed by atoms with Gasteiger partial charge in [-0.1, -0.05) is 6.07 Å². The van der Waals surface area contributed by atoms with Gasteiger partial charge in [-0.05, 0) is 37.6 Å².